The van der Waals surface area contributed by atoms with Crippen molar-refractivity contribution in [3.63, 3.8) is 0 Å². The van der Waals surface area contributed by atoms with Crippen molar-refractivity contribution in [3.05, 3.63) is 59.0 Å². The van der Waals surface area contributed by atoms with Gasteiger partial charge in [0.2, 0.25) is 0 Å². The minimum atomic E-state index is 0.591. The smallest absolute Gasteiger partial charge is 0.103 e. The largest absolute Gasteiger partial charge is 0.469 e. The zero-order chi connectivity index (χ0) is 16.1. The molecule has 3 nitrogen and oxygen atoms in total. The molecule has 1 aromatic heterocycles. The minimum Gasteiger partial charge on any atom is -0.469 e. The van der Waals surface area contributed by atoms with E-state index in [0.29, 0.717) is 5.92 Å². The van der Waals surface area contributed by atoms with Gasteiger partial charge in [0.15, 0.2) is 0 Å². The van der Waals surface area contributed by atoms with Crippen molar-refractivity contribution in [3.8, 4) is 0 Å². The van der Waals surface area contributed by atoms with Gasteiger partial charge in [-0.3, -0.25) is 4.84 Å². The number of hydrogen-bond acceptors (Lipinski definition) is 3. The highest BCUT2D eigenvalue weighted by molar-refractivity contribution is 5.36. The van der Waals surface area contributed by atoms with E-state index in [2.05, 4.69) is 32.2 Å². The highest BCUT2D eigenvalue weighted by Crippen LogP contribution is 2.32. The summed E-state index contributed by atoms with van der Waals surface area (Å²) in [6.07, 6.45) is 7.42. The van der Waals surface area contributed by atoms with E-state index in [9.17, 15) is 0 Å². The normalized spacial score (nSPS) is 17.4. The molecule has 1 aliphatic carbocycles. The third-order valence-electron chi connectivity index (χ3n) is 4.68. The lowest BCUT2D eigenvalue weighted by Gasteiger charge is -2.29. The molecular formula is C20H27NO2. The second kappa shape index (κ2) is 7.80. The van der Waals surface area contributed by atoms with Crippen LogP contribution in [0.25, 0.3) is 0 Å². The fourth-order valence-corrected chi connectivity index (χ4v) is 3.49. The summed E-state index contributed by atoms with van der Waals surface area (Å²) in [5.74, 6) is 1.63. The summed E-state index contributed by atoms with van der Waals surface area (Å²) >= 11 is 0. The average molecular weight is 313 g/mol. The first-order valence-corrected chi connectivity index (χ1v) is 8.68. The highest BCUT2D eigenvalue weighted by Gasteiger charge is 2.21. The van der Waals surface area contributed by atoms with Crippen LogP contribution >= 0.6 is 0 Å². The number of likely N-dealkylation sites (N-methyl/N-ethyl adjacent to an activating group) is 1. The lowest BCUT2D eigenvalue weighted by molar-refractivity contribution is -0.144. The Labute approximate surface area is 139 Å². The summed E-state index contributed by atoms with van der Waals surface area (Å²) in [6.45, 7) is 3.89. The maximum atomic E-state index is 5.88. The van der Waals surface area contributed by atoms with E-state index in [4.69, 9.17) is 9.25 Å². The molecule has 0 aliphatic heterocycles. The first kappa shape index (κ1) is 16.3. The van der Waals surface area contributed by atoms with E-state index in [1.165, 1.54) is 36.0 Å². The van der Waals surface area contributed by atoms with E-state index in [-0.39, 0.29) is 0 Å². The van der Waals surface area contributed by atoms with Gasteiger partial charge in [0.1, 0.15) is 5.76 Å². The van der Waals surface area contributed by atoms with Crippen LogP contribution in [0.4, 0.5) is 0 Å². The van der Waals surface area contributed by atoms with Crippen LogP contribution in [0.1, 0.15) is 47.6 Å². The van der Waals surface area contributed by atoms with Crippen molar-refractivity contribution in [1.29, 1.82) is 0 Å². The summed E-state index contributed by atoms with van der Waals surface area (Å²) in [6, 6.07) is 10.9. The minimum absolute atomic E-state index is 0.591. The second-order valence-electron chi connectivity index (χ2n) is 6.62. The monoisotopic (exact) mass is 313 g/mol. The van der Waals surface area contributed by atoms with Crippen LogP contribution in [0, 0.1) is 6.92 Å². The quantitative estimate of drug-likeness (QED) is 0.556. The third kappa shape index (κ3) is 4.46. The number of nitrogens with zero attached hydrogens (tertiary/aromatic N) is 1. The molecule has 23 heavy (non-hydrogen) atoms. The first-order valence-electron chi connectivity index (χ1n) is 8.68. The number of hydroxylamine groups is 2. The number of rotatable bonds is 7. The lowest BCUT2D eigenvalue weighted by Crippen LogP contribution is -2.27. The predicted octanol–water partition coefficient (Wildman–Crippen LogP) is 4.50. The third-order valence-corrected chi connectivity index (χ3v) is 4.68. The van der Waals surface area contributed by atoms with Gasteiger partial charge in [0.05, 0.1) is 12.9 Å². The molecule has 0 saturated carbocycles. The molecule has 0 spiro atoms. The fourth-order valence-electron chi connectivity index (χ4n) is 3.49. The zero-order valence-corrected chi connectivity index (χ0v) is 14.3. The molecule has 0 amide bonds. The van der Waals surface area contributed by atoms with Crippen LogP contribution in [0.2, 0.25) is 0 Å². The van der Waals surface area contributed by atoms with Gasteiger partial charge in [-0.1, -0.05) is 23.8 Å². The predicted molar refractivity (Wildman–Crippen MR) is 92.5 cm³/mol. The first-order chi connectivity index (χ1) is 11.2. The molecule has 1 heterocycles. The topological polar surface area (TPSA) is 25.6 Å². The van der Waals surface area contributed by atoms with Crippen molar-refractivity contribution in [2.75, 3.05) is 20.2 Å². The molecule has 0 N–H and O–H groups in total. The molecule has 0 radical (unpaired) electrons. The van der Waals surface area contributed by atoms with Crippen LogP contribution in [-0.4, -0.2) is 25.3 Å². The van der Waals surface area contributed by atoms with E-state index in [1.54, 1.807) is 6.26 Å². The van der Waals surface area contributed by atoms with E-state index in [1.807, 2.05) is 17.2 Å². The number of furan rings is 1. The zero-order valence-electron chi connectivity index (χ0n) is 14.3. The van der Waals surface area contributed by atoms with Gasteiger partial charge >= 0.3 is 0 Å². The fraction of sp³-hybridized carbons (Fsp3) is 0.500. The molecule has 2 aromatic rings. The van der Waals surface area contributed by atoms with Crippen LogP contribution in [-0.2, 0) is 17.7 Å². The Kier molecular flexibility index (Phi) is 5.52. The van der Waals surface area contributed by atoms with Crippen LogP contribution in [0.5, 0.6) is 0 Å². The second-order valence-corrected chi connectivity index (χ2v) is 6.62. The van der Waals surface area contributed by atoms with Crippen molar-refractivity contribution < 1.29 is 9.25 Å². The molecule has 1 aliphatic rings. The Morgan fingerprint density at radius 1 is 1.30 bits per heavy atom. The highest BCUT2D eigenvalue weighted by atomic mass is 16.7. The molecule has 0 fully saturated rings. The van der Waals surface area contributed by atoms with Crippen molar-refractivity contribution in [1.82, 2.24) is 5.06 Å². The van der Waals surface area contributed by atoms with Crippen molar-refractivity contribution in [2.45, 2.75) is 44.9 Å². The maximum Gasteiger partial charge on any atom is 0.103 e. The van der Waals surface area contributed by atoms with E-state index < -0.39 is 0 Å². The Bertz CT molecular complexity index is 606. The number of hydrogen-bond donors (Lipinski definition) is 0. The van der Waals surface area contributed by atoms with Crippen LogP contribution in [0.3, 0.4) is 0 Å². The molecular weight excluding hydrogens is 286 g/mol. The van der Waals surface area contributed by atoms with Crippen LogP contribution in [0.15, 0.2) is 41.0 Å². The van der Waals surface area contributed by atoms with Gasteiger partial charge in [0, 0.05) is 20.0 Å². The maximum absolute atomic E-state index is 5.88. The molecule has 3 rings (SSSR count). The van der Waals surface area contributed by atoms with Gasteiger partial charge in [-0.05, 0) is 61.8 Å². The molecule has 124 valence electrons. The molecule has 0 bridgehead atoms. The van der Waals surface area contributed by atoms with E-state index >= 15 is 0 Å². The van der Waals surface area contributed by atoms with Gasteiger partial charge < -0.3 is 4.42 Å². The standard InChI is InChI=1S/C20H27NO2/c1-16-10-11-17-6-3-7-18(20(17)14-16)15-21(2)23-13-5-9-19-8-4-12-22-19/h4,8,10-12,14,18H,3,5-7,9,13,15H2,1-2H3. The number of benzene rings is 1. The summed E-state index contributed by atoms with van der Waals surface area (Å²) in [5.41, 5.74) is 4.41. The van der Waals surface area contributed by atoms with Crippen molar-refractivity contribution in [2.24, 2.45) is 0 Å². The lowest BCUT2D eigenvalue weighted by atomic mass is 9.82. The molecule has 3 heteroatoms. The van der Waals surface area contributed by atoms with E-state index in [0.717, 1.165) is 31.8 Å². The SMILES string of the molecule is Cc1ccc2c(c1)C(CN(C)OCCCc1ccco1)CCC2. The summed E-state index contributed by atoms with van der Waals surface area (Å²) in [5, 5.41) is 2.02. The number of fused-ring (bicyclic) bond motifs is 1. The summed E-state index contributed by atoms with van der Waals surface area (Å²) < 4.78 is 5.34. The van der Waals surface area contributed by atoms with Crippen molar-refractivity contribution >= 4 is 0 Å². The molecule has 1 atom stereocenters. The average Bonchev–Trinajstić information content (AvgIpc) is 3.05. The van der Waals surface area contributed by atoms with Crippen LogP contribution < -0.4 is 0 Å². The van der Waals surface area contributed by atoms with Gasteiger partial charge in [-0.25, -0.2) is 0 Å². The molecule has 0 saturated heterocycles. The van der Waals surface area contributed by atoms with Gasteiger partial charge in [-0.2, -0.15) is 5.06 Å². The van der Waals surface area contributed by atoms with Gasteiger partial charge in [0.25, 0.3) is 0 Å². The Morgan fingerprint density at radius 3 is 3.04 bits per heavy atom. The molecule has 1 unspecified atom stereocenters. The summed E-state index contributed by atoms with van der Waals surface area (Å²) in [7, 11) is 2.05. The molecule has 1 aromatic carbocycles. The Morgan fingerprint density at radius 2 is 2.22 bits per heavy atom. The van der Waals surface area contributed by atoms with Gasteiger partial charge in [-0.15, -0.1) is 0 Å². The number of aryl methyl sites for hydroxylation is 3. The Hall–Kier alpha value is -1.58. The Balaban J connectivity index is 1.47. The summed E-state index contributed by atoms with van der Waals surface area (Å²) in [4.78, 5) is 5.88.